The van der Waals surface area contributed by atoms with Crippen LogP contribution in [0.2, 0.25) is 0 Å². The van der Waals surface area contributed by atoms with Gasteiger partial charge in [-0.15, -0.1) is 5.10 Å². The molecule has 0 radical (unpaired) electrons. The van der Waals surface area contributed by atoms with E-state index in [-0.39, 0.29) is 24.6 Å². The van der Waals surface area contributed by atoms with Gasteiger partial charge in [0.25, 0.3) is 0 Å². The van der Waals surface area contributed by atoms with Gasteiger partial charge in [-0.2, -0.15) is 0 Å². The molecule has 3 N–H and O–H groups in total. The predicted octanol–water partition coefficient (Wildman–Crippen LogP) is 2.85. The molecule has 6 nitrogen and oxygen atoms in total. The number of carbonyl (C=O) groups is 1. The van der Waals surface area contributed by atoms with Crippen LogP contribution in [-0.4, -0.2) is 33.6 Å². The molecular formula is C18H24N4O2. The first-order valence-electron chi connectivity index (χ1n) is 8.47. The number of nitrogens with zero attached hydrogens (tertiary/aromatic N) is 2. The number of hydrogen-bond acceptors (Lipinski definition) is 3. The van der Waals surface area contributed by atoms with Gasteiger partial charge < -0.3 is 10.4 Å². The molecule has 0 bridgehead atoms. The second-order valence-corrected chi connectivity index (χ2v) is 6.37. The Labute approximate surface area is 141 Å². The van der Waals surface area contributed by atoms with Gasteiger partial charge in [-0.3, -0.25) is 5.32 Å². The lowest BCUT2D eigenvalue weighted by atomic mass is 9.85. The van der Waals surface area contributed by atoms with E-state index in [0.717, 1.165) is 36.9 Å². The quantitative estimate of drug-likeness (QED) is 0.807. The van der Waals surface area contributed by atoms with Crippen LogP contribution in [0.4, 0.5) is 10.6 Å². The Hall–Kier alpha value is -2.34. The summed E-state index contributed by atoms with van der Waals surface area (Å²) >= 11 is 0. The van der Waals surface area contributed by atoms with E-state index < -0.39 is 0 Å². The Morgan fingerprint density at radius 2 is 2.04 bits per heavy atom. The van der Waals surface area contributed by atoms with Gasteiger partial charge in [-0.25, -0.2) is 9.48 Å². The molecule has 1 aliphatic rings. The standard InChI is InChI=1S/C18H24N4O2/c1-13-11-22(15-8-3-2-4-9-15)21-17(13)20-18(24)19-16-10-6-5-7-14(16)12-23/h2-4,8-9,11,14,16,23H,5-7,10,12H2,1H3,(H2,19,20,21,24). The number of rotatable bonds is 4. The smallest absolute Gasteiger partial charge is 0.320 e. The Balaban J connectivity index is 1.65. The minimum atomic E-state index is -0.262. The van der Waals surface area contributed by atoms with E-state index in [2.05, 4.69) is 15.7 Å². The molecule has 1 heterocycles. The maximum atomic E-state index is 12.3. The summed E-state index contributed by atoms with van der Waals surface area (Å²) in [5, 5.41) is 19.7. The summed E-state index contributed by atoms with van der Waals surface area (Å²) in [7, 11) is 0. The molecular weight excluding hydrogens is 304 g/mol. The molecule has 1 aliphatic carbocycles. The molecule has 2 atom stereocenters. The largest absolute Gasteiger partial charge is 0.396 e. The normalized spacial score (nSPS) is 20.6. The maximum absolute atomic E-state index is 12.3. The monoisotopic (exact) mass is 328 g/mol. The van der Waals surface area contributed by atoms with Crippen LogP contribution in [0.5, 0.6) is 0 Å². The predicted molar refractivity (Wildman–Crippen MR) is 93.3 cm³/mol. The third-order valence-corrected chi connectivity index (χ3v) is 4.61. The summed E-state index contributed by atoms with van der Waals surface area (Å²) in [6.45, 7) is 2.03. The first kappa shape index (κ1) is 16.5. The van der Waals surface area contributed by atoms with E-state index in [9.17, 15) is 9.90 Å². The third kappa shape index (κ3) is 3.76. The highest BCUT2D eigenvalue weighted by Gasteiger charge is 2.26. The van der Waals surface area contributed by atoms with E-state index in [1.807, 2.05) is 43.5 Å². The number of nitrogens with one attached hydrogen (secondary N) is 2. The Morgan fingerprint density at radius 3 is 2.79 bits per heavy atom. The van der Waals surface area contributed by atoms with Crippen molar-refractivity contribution in [2.24, 2.45) is 5.92 Å². The van der Waals surface area contributed by atoms with Crippen LogP contribution in [0, 0.1) is 12.8 Å². The summed E-state index contributed by atoms with van der Waals surface area (Å²) < 4.78 is 1.75. The van der Waals surface area contributed by atoms with Crippen molar-refractivity contribution < 1.29 is 9.90 Å². The molecule has 0 saturated heterocycles. The van der Waals surface area contributed by atoms with Gasteiger partial charge in [-0.05, 0) is 31.9 Å². The zero-order valence-electron chi connectivity index (χ0n) is 13.9. The number of amides is 2. The maximum Gasteiger partial charge on any atom is 0.320 e. The number of aryl methyl sites for hydroxylation is 1. The van der Waals surface area contributed by atoms with Crippen LogP contribution >= 0.6 is 0 Å². The van der Waals surface area contributed by atoms with Gasteiger partial charge in [0.2, 0.25) is 0 Å². The average Bonchev–Trinajstić information content (AvgIpc) is 2.97. The Bertz CT molecular complexity index is 684. The molecule has 0 spiro atoms. The highest BCUT2D eigenvalue weighted by molar-refractivity contribution is 5.89. The SMILES string of the molecule is Cc1cn(-c2ccccc2)nc1NC(=O)NC1CCCCC1CO. The topological polar surface area (TPSA) is 79.2 Å². The van der Waals surface area contributed by atoms with Crippen LogP contribution in [0.3, 0.4) is 0 Å². The van der Waals surface area contributed by atoms with Crippen molar-refractivity contribution >= 4 is 11.8 Å². The Kier molecular flexibility index (Phi) is 5.15. The molecule has 3 rings (SSSR count). The first-order chi connectivity index (χ1) is 11.7. The van der Waals surface area contributed by atoms with Gasteiger partial charge in [0, 0.05) is 30.3 Å². The second-order valence-electron chi connectivity index (χ2n) is 6.37. The highest BCUT2D eigenvalue weighted by atomic mass is 16.3. The van der Waals surface area contributed by atoms with Crippen molar-refractivity contribution in [2.75, 3.05) is 11.9 Å². The lowest BCUT2D eigenvalue weighted by Crippen LogP contribution is -2.45. The van der Waals surface area contributed by atoms with Crippen molar-refractivity contribution in [1.82, 2.24) is 15.1 Å². The second kappa shape index (κ2) is 7.49. The van der Waals surface area contributed by atoms with Crippen LogP contribution in [0.15, 0.2) is 36.5 Å². The van der Waals surface area contributed by atoms with E-state index >= 15 is 0 Å². The number of urea groups is 1. The number of para-hydroxylation sites is 1. The van der Waals surface area contributed by atoms with Crippen molar-refractivity contribution in [2.45, 2.75) is 38.6 Å². The molecule has 128 valence electrons. The number of carbonyl (C=O) groups excluding carboxylic acids is 1. The fraction of sp³-hybridized carbons (Fsp3) is 0.444. The summed E-state index contributed by atoms with van der Waals surface area (Å²) in [6.07, 6.45) is 5.97. The van der Waals surface area contributed by atoms with Crippen LogP contribution < -0.4 is 10.6 Å². The first-order valence-corrected chi connectivity index (χ1v) is 8.47. The zero-order chi connectivity index (χ0) is 16.9. The Morgan fingerprint density at radius 1 is 1.29 bits per heavy atom. The molecule has 1 fully saturated rings. The van der Waals surface area contributed by atoms with Gasteiger partial charge in [0.1, 0.15) is 0 Å². The fourth-order valence-electron chi connectivity index (χ4n) is 3.22. The molecule has 1 aromatic carbocycles. The van der Waals surface area contributed by atoms with Gasteiger partial charge in [0.05, 0.1) is 5.69 Å². The molecule has 1 saturated carbocycles. The van der Waals surface area contributed by atoms with Crippen molar-refractivity contribution in [3.8, 4) is 5.69 Å². The van der Waals surface area contributed by atoms with E-state index in [4.69, 9.17) is 0 Å². The number of aliphatic hydroxyl groups is 1. The lowest BCUT2D eigenvalue weighted by Gasteiger charge is -2.30. The molecule has 2 unspecified atom stereocenters. The molecule has 6 heteroatoms. The molecule has 24 heavy (non-hydrogen) atoms. The van der Waals surface area contributed by atoms with Crippen molar-refractivity contribution in [3.63, 3.8) is 0 Å². The van der Waals surface area contributed by atoms with Crippen molar-refractivity contribution in [1.29, 1.82) is 0 Å². The van der Waals surface area contributed by atoms with Gasteiger partial charge >= 0.3 is 6.03 Å². The minimum absolute atomic E-state index is 0.0280. The van der Waals surface area contributed by atoms with E-state index in [0.29, 0.717) is 5.82 Å². The molecule has 2 amide bonds. The number of aromatic nitrogens is 2. The van der Waals surface area contributed by atoms with Crippen LogP contribution in [0.1, 0.15) is 31.2 Å². The number of anilines is 1. The third-order valence-electron chi connectivity index (χ3n) is 4.61. The lowest BCUT2D eigenvalue weighted by molar-refractivity contribution is 0.156. The number of benzene rings is 1. The van der Waals surface area contributed by atoms with E-state index in [1.54, 1.807) is 4.68 Å². The zero-order valence-corrected chi connectivity index (χ0v) is 13.9. The highest BCUT2D eigenvalue weighted by Crippen LogP contribution is 2.24. The number of hydrogen-bond donors (Lipinski definition) is 3. The molecule has 2 aromatic rings. The van der Waals surface area contributed by atoms with Crippen LogP contribution in [0.25, 0.3) is 5.69 Å². The van der Waals surface area contributed by atoms with Crippen molar-refractivity contribution in [3.05, 3.63) is 42.1 Å². The summed E-state index contributed by atoms with van der Waals surface area (Å²) in [6, 6.07) is 9.54. The minimum Gasteiger partial charge on any atom is -0.396 e. The van der Waals surface area contributed by atoms with Gasteiger partial charge in [0.15, 0.2) is 5.82 Å². The molecule has 1 aromatic heterocycles. The summed E-state index contributed by atoms with van der Waals surface area (Å²) in [5.74, 6) is 0.695. The fourth-order valence-corrected chi connectivity index (χ4v) is 3.22. The molecule has 0 aliphatic heterocycles. The average molecular weight is 328 g/mol. The number of aliphatic hydroxyl groups excluding tert-OH is 1. The summed E-state index contributed by atoms with van der Waals surface area (Å²) in [4.78, 5) is 12.3. The van der Waals surface area contributed by atoms with E-state index in [1.165, 1.54) is 0 Å². The summed E-state index contributed by atoms with van der Waals surface area (Å²) in [5.41, 5.74) is 1.85. The van der Waals surface area contributed by atoms with Crippen LogP contribution in [-0.2, 0) is 0 Å². The van der Waals surface area contributed by atoms with Gasteiger partial charge in [-0.1, -0.05) is 31.0 Å².